The zero-order valence-electron chi connectivity index (χ0n) is 11.1. The zero-order chi connectivity index (χ0) is 12.8. The Balaban J connectivity index is 2.49. The van der Waals surface area contributed by atoms with Crippen LogP contribution in [0.1, 0.15) is 36.8 Å². The summed E-state index contributed by atoms with van der Waals surface area (Å²) in [5.74, 6) is -0.0593. The fraction of sp³-hybridized carbons (Fsp3) is 0.667. The van der Waals surface area contributed by atoms with Crippen molar-refractivity contribution in [1.82, 2.24) is 20.4 Å². The number of hydrogen-bond acceptors (Lipinski definition) is 3. The fourth-order valence-electron chi connectivity index (χ4n) is 1.80. The van der Waals surface area contributed by atoms with Gasteiger partial charge in [-0.1, -0.05) is 13.8 Å². The monoisotopic (exact) mass is 238 g/mol. The highest BCUT2D eigenvalue weighted by atomic mass is 16.1. The maximum Gasteiger partial charge on any atom is 0.254 e. The van der Waals surface area contributed by atoms with Gasteiger partial charge in [-0.2, -0.15) is 5.10 Å². The lowest BCUT2D eigenvalue weighted by Crippen LogP contribution is -2.42. The van der Waals surface area contributed by atoms with E-state index in [2.05, 4.69) is 34.3 Å². The number of aromatic nitrogens is 2. The summed E-state index contributed by atoms with van der Waals surface area (Å²) in [5.41, 5.74) is 1.42. The van der Waals surface area contributed by atoms with Crippen molar-refractivity contribution in [2.24, 2.45) is 0 Å². The van der Waals surface area contributed by atoms with Crippen LogP contribution in [0.5, 0.6) is 0 Å². The molecule has 17 heavy (non-hydrogen) atoms. The largest absolute Gasteiger partial charge is 0.348 e. The van der Waals surface area contributed by atoms with Crippen molar-refractivity contribution >= 4 is 5.91 Å². The highest BCUT2D eigenvalue weighted by Crippen LogP contribution is 2.03. The summed E-state index contributed by atoms with van der Waals surface area (Å²) in [7, 11) is 0. The van der Waals surface area contributed by atoms with Crippen molar-refractivity contribution in [3.05, 3.63) is 17.5 Å². The second-order valence-electron chi connectivity index (χ2n) is 4.27. The average molecular weight is 238 g/mol. The molecule has 1 heterocycles. The Morgan fingerprint density at radius 1 is 1.53 bits per heavy atom. The van der Waals surface area contributed by atoms with Crippen molar-refractivity contribution in [3.63, 3.8) is 0 Å². The van der Waals surface area contributed by atoms with Gasteiger partial charge in [0.1, 0.15) is 0 Å². The van der Waals surface area contributed by atoms with Gasteiger partial charge in [-0.05, 0) is 26.9 Å². The van der Waals surface area contributed by atoms with Crippen LogP contribution in [0, 0.1) is 6.92 Å². The van der Waals surface area contributed by atoms with Crippen molar-refractivity contribution in [2.45, 2.75) is 33.7 Å². The van der Waals surface area contributed by atoms with Gasteiger partial charge >= 0.3 is 0 Å². The van der Waals surface area contributed by atoms with Gasteiger partial charge < -0.3 is 10.2 Å². The molecule has 0 fully saturated rings. The number of carbonyl (C=O) groups excluding carboxylic acids is 1. The van der Waals surface area contributed by atoms with E-state index < -0.39 is 0 Å². The van der Waals surface area contributed by atoms with E-state index in [-0.39, 0.29) is 11.9 Å². The van der Waals surface area contributed by atoms with Crippen molar-refractivity contribution in [1.29, 1.82) is 0 Å². The number of aryl methyl sites for hydroxylation is 1. The van der Waals surface area contributed by atoms with Crippen LogP contribution in [0.15, 0.2) is 6.20 Å². The quantitative estimate of drug-likeness (QED) is 0.782. The van der Waals surface area contributed by atoms with Crippen LogP contribution in [0.25, 0.3) is 0 Å². The van der Waals surface area contributed by atoms with E-state index >= 15 is 0 Å². The van der Waals surface area contributed by atoms with Gasteiger partial charge in [0.25, 0.3) is 5.91 Å². The second kappa shape index (κ2) is 6.39. The predicted molar refractivity (Wildman–Crippen MR) is 68.0 cm³/mol. The Bertz CT molecular complexity index is 357. The maximum absolute atomic E-state index is 11.9. The highest BCUT2D eigenvalue weighted by Gasteiger charge is 2.14. The standard InChI is InChI=1S/C12H22N4O/c1-5-16(6-2)8-9(3)14-12(17)11-7-13-15-10(11)4/h7,9H,5-6,8H2,1-4H3,(H,13,15)(H,14,17). The number of amides is 1. The molecule has 0 spiro atoms. The first-order valence-corrected chi connectivity index (χ1v) is 6.11. The third-order valence-corrected chi connectivity index (χ3v) is 2.88. The Kier molecular flexibility index (Phi) is 5.15. The van der Waals surface area contributed by atoms with Gasteiger partial charge in [-0.25, -0.2) is 0 Å². The van der Waals surface area contributed by atoms with Crippen LogP contribution in [-0.2, 0) is 0 Å². The van der Waals surface area contributed by atoms with Gasteiger partial charge in [0.05, 0.1) is 11.8 Å². The molecule has 0 bridgehead atoms. The van der Waals surface area contributed by atoms with Crippen molar-refractivity contribution < 1.29 is 4.79 Å². The molecule has 5 heteroatoms. The van der Waals surface area contributed by atoms with E-state index in [1.807, 2.05) is 13.8 Å². The van der Waals surface area contributed by atoms with Crippen LogP contribution in [0.2, 0.25) is 0 Å². The Morgan fingerprint density at radius 2 is 2.18 bits per heavy atom. The molecule has 1 amide bonds. The van der Waals surface area contributed by atoms with Crippen molar-refractivity contribution in [2.75, 3.05) is 19.6 Å². The summed E-state index contributed by atoms with van der Waals surface area (Å²) in [6.07, 6.45) is 1.56. The molecule has 0 radical (unpaired) electrons. The summed E-state index contributed by atoms with van der Waals surface area (Å²) in [4.78, 5) is 14.2. The Hall–Kier alpha value is -1.36. The molecule has 0 saturated carbocycles. The predicted octanol–water partition coefficient (Wildman–Crippen LogP) is 1.18. The number of hydrogen-bond donors (Lipinski definition) is 2. The van der Waals surface area contributed by atoms with E-state index in [4.69, 9.17) is 0 Å². The third kappa shape index (κ3) is 3.85. The molecule has 1 aromatic heterocycles. The lowest BCUT2D eigenvalue weighted by atomic mass is 10.2. The van der Waals surface area contributed by atoms with Crippen LogP contribution in [0.3, 0.4) is 0 Å². The Labute approximate surface area is 103 Å². The number of nitrogens with one attached hydrogen (secondary N) is 2. The van der Waals surface area contributed by atoms with Gasteiger partial charge in [-0.15, -0.1) is 0 Å². The summed E-state index contributed by atoms with van der Waals surface area (Å²) in [6.45, 7) is 11.0. The first-order chi connectivity index (χ1) is 8.08. The average Bonchev–Trinajstić information content (AvgIpc) is 2.72. The molecule has 1 aromatic rings. The highest BCUT2D eigenvalue weighted by molar-refractivity contribution is 5.95. The van der Waals surface area contributed by atoms with E-state index in [0.717, 1.165) is 25.3 Å². The number of aromatic amines is 1. The molecule has 0 saturated heterocycles. The molecule has 5 nitrogen and oxygen atoms in total. The SMILES string of the molecule is CCN(CC)CC(C)NC(=O)c1cn[nH]c1C. The summed E-state index contributed by atoms with van der Waals surface area (Å²) < 4.78 is 0. The van der Waals surface area contributed by atoms with Crippen LogP contribution < -0.4 is 5.32 Å². The second-order valence-corrected chi connectivity index (χ2v) is 4.27. The summed E-state index contributed by atoms with van der Waals surface area (Å²) >= 11 is 0. The van der Waals surface area contributed by atoms with Gasteiger partial charge in [0.15, 0.2) is 0 Å². The molecular formula is C12H22N4O. The topological polar surface area (TPSA) is 61.0 Å². The van der Waals surface area contributed by atoms with Gasteiger partial charge in [-0.3, -0.25) is 9.89 Å². The lowest BCUT2D eigenvalue weighted by Gasteiger charge is -2.23. The minimum atomic E-state index is -0.0593. The zero-order valence-corrected chi connectivity index (χ0v) is 11.1. The molecule has 96 valence electrons. The van der Waals surface area contributed by atoms with Crippen LogP contribution in [-0.4, -0.2) is 46.7 Å². The van der Waals surface area contributed by atoms with Crippen LogP contribution >= 0.6 is 0 Å². The minimum Gasteiger partial charge on any atom is -0.348 e. The van der Waals surface area contributed by atoms with E-state index in [9.17, 15) is 4.79 Å². The number of H-pyrrole nitrogens is 1. The van der Waals surface area contributed by atoms with Crippen LogP contribution in [0.4, 0.5) is 0 Å². The Morgan fingerprint density at radius 3 is 2.65 bits per heavy atom. The molecule has 0 aliphatic carbocycles. The lowest BCUT2D eigenvalue weighted by molar-refractivity contribution is 0.0930. The first kappa shape index (κ1) is 13.7. The molecule has 1 unspecified atom stereocenters. The molecule has 2 N–H and O–H groups in total. The number of likely N-dealkylation sites (N-methyl/N-ethyl adjacent to an activating group) is 1. The number of rotatable bonds is 6. The summed E-state index contributed by atoms with van der Waals surface area (Å²) in [5, 5.41) is 9.59. The molecule has 1 rings (SSSR count). The van der Waals surface area contributed by atoms with Crippen molar-refractivity contribution in [3.8, 4) is 0 Å². The number of carbonyl (C=O) groups is 1. The molecule has 0 aliphatic heterocycles. The molecular weight excluding hydrogens is 216 g/mol. The van der Waals surface area contributed by atoms with Gasteiger partial charge in [0, 0.05) is 18.3 Å². The first-order valence-electron chi connectivity index (χ1n) is 6.11. The van der Waals surface area contributed by atoms with Gasteiger partial charge in [0.2, 0.25) is 0 Å². The molecule has 0 aromatic carbocycles. The normalized spacial score (nSPS) is 12.8. The molecule has 0 aliphatic rings. The maximum atomic E-state index is 11.9. The third-order valence-electron chi connectivity index (χ3n) is 2.88. The summed E-state index contributed by atoms with van der Waals surface area (Å²) in [6, 6.07) is 0.136. The number of nitrogens with zero attached hydrogens (tertiary/aromatic N) is 2. The molecule has 1 atom stereocenters. The van der Waals surface area contributed by atoms with E-state index in [1.165, 1.54) is 0 Å². The fourth-order valence-corrected chi connectivity index (χ4v) is 1.80. The minimum absolute atomic E-state index is 0.0593. The smallest absolute Gasteiger partial charge is 0.254 e. The van der Waals surface area contributed by atoms with E-state index in [0.29, 0.717) is 5.56 Å². The van der Waals surface area contributed by atoms with E-state index in [1.54, 1.807) is 6.20 Å².